The zero-order valence-electron chi connectivity index (χ0n) is 10.8. The molecule has 0 radical (unpaired) electrons. The largest absolute Gasteiger partial charge is 0.240 e. The summed E-state index contributed by atoms with van der Waals surface area (Å²) in [6, 6.07) is 4.97. The summed E-state index contributed by atoms with van der Waals surface area (Å²) >= 11 is 0. The summed E-state index contributed by atoms with van der Waals surface area (Å²) in [5, 5.41) is 4.97. The number of nitrogens with one attached hydrogen (secondary N) is 1. The minimum atomic E-state index is -3.91. The summed E-state index contributed by atoms with van der Waals surface area (Å²) in [6.07, 6.45) is 0.847. The van der Waals surface area contributed by atoms with Crippen LogP contribution in [0.25, 0.3) is 0 Å². The van der Waals surface area contributed by atoms with E-state index in [0.29, 0.717) is 6.54 Å². The van der Waals surface area contributed by atoms with Gasteiger partial charge in [0.05, 0.1) is 9.79 Å². The smallest absolute Gasteiger partial charge is 0.225 e. The van der Waals surface area contributed by atoms with Gasteiger partial charge in [-0.3, -0.25) is 0 Å². The van der Waals surface area contributed by atoms with Crippen LogP contribution in [0.3, 0.4) is 0 Å². The molecule has 1 atom stereocenters. The maximum Gasteiger partial charge on any atom is 0.240 e. The lowest BCUT2D eigenvalue weighted by atomic mass is 10.1. The third kappa shape index (κ3) is 4.57. The Bertz CT molecular complexity index is 638. The zero-order chi connectivity index (χ0) is 14.7. The van der Waals surface area contributed by atoms with E-state index in [2.05, 4.69) is 4.72 Å². The van der Waals surface area contributed by atoms with Crippen LogP contribution < -0.4 is 9.86 Å². The molecule has 108 valence electrons. The number of sulfonamides is 2. The number of nitrogens with two attached hydrogens (primary N) is 1. The first-order chi connectivity index (χ1) is 8.66. The van der Waals surface area contributed by atoms with Crippen molar-refractivity contribution in [3.8, 4) is 0 Å². The lowest BCUT2D eigenvalue weighted by Gasteiger charge is -2.11. The molecule has 0 saturated carbocycles. The first kappa shape index (κ1) is 16.1. The highest BCUT2D eigenvalue weighted by Gasteiger charge is 2.17. The van der Waals surface area contributed by atoms with Crippen molar-refractivity contribution < 1.29 is 16.8 Å². The van der Waals surface area contributed by atoms with Crippen molar-refractivity contribution in [2.75, 3.05) is 6.54 Å². The highest BCUT2D eigenvalue weighted by Crippen LogP contribution is 2.14. The third-order valence-corrected chi connectivity index (χ3v) is 5.10. The van der Waals surface area contributed by atoms with Crippen LogP contribution >= 0.6 is 0 Å². The molecule has 1 aromatic carbocycles. The lowest BCUT2D eigenvalue weighted by Crippen LogP contribution is -2.28. The van der Waals surface area contributed by atoms with Gasteiger partial charge in [0, 0.05) is 6.54 Å². The maximum atomic E-state index is 12.0. The van der Waals surface area contributed by atoms with Gasteiger partial charge in [0.2, 0.25) is 20.0 Å². The number of hydrogen-bond donors (Lipinski definition) is 2. The molecule has 6 nitrogen and oxygen atoms in total. The molecule has 0 bridgehead atoms. The van der Waals surface area contributed by atoms with E-state index in [0.717, 1.165) is 12.5 Å². The Morgan fingerprint density at radius 1 is 1.21 bits per heavy atom. The number of hydrogen-bond acceptors (Lipinski definition) is 4. The highest BCUT2D eigenvalue weighted by atomic mass is 32.2. The van der Waals surface area contributed by atoms with Crippen LogP contribution in [-0.4, -0.2) is 23.4 Å². The maximum absolute atomic E-state index is 12.0. The fourth-order valence-corrected chi connectivity index (χ4v) is 3.14. The van der Waals surface area contributed by atoms with Crippen molar-refractivity contribution in [3.63, 3.8) is 0 Å². The molecule has 0 aliphatic rings. The molecule has 0 aliphatic heterocycles. The molecular formula is C11H18N2O4S2. The Morgan fingerprint density at radius 3 is 2.32 bits per heavy atom. The summed E-state index contributed by atoms with van der Waals surface area (Å²) in [5.74, 6) is 0.205. The first-order valence-electron chi connectivity index (χ1n) is 5.79. The molecule has 0 amide bonds. The van der Waals surface area contributed by atoms with Crippen molar-refractivity contribution in [1.29, 1.82) is 0 Å². The normalized spacial score (nSPS) is 14.3. The van der Waals surface area contributed by atoms with E-state index in [1.165, 1.54) is 18.2 Å². The molecule has 0 aliphatic carbocycles. The van der Waals surface area contributed by atoms with E-state index in [9.17, 15) is 16.8 Å². The molecule has 1 rings (SSSR count). The van der Waals surface area contributed by atoms with Gasteiger partial charge in [-0.15, -0.1) is 0 Å². The molecule has 0 aromatic heterocycles. The Labute approximate surface area is 114 Å². The van der Waals surface area contributed by atoms with Gasteiger partial charge in [-0.05, 0) is 24.1 Å². The van der Waals surface area contributed by atoms with E-state index in [1.807, 2.05) is 13.8 Å². The quantitative estimate of drug-likeness (QED) is 0.805. The van der Waals surface area contributed by atoms with Crippen LogP contribution in [0.15, 0.2) is 34.1 Å². The van der Waals surface area contributed by atoms with Gasteiger partial charge in [0.25, 0.3) is 0 Å². The zero-order valence-corrected chi connectivity index (χ0v) is 12.5. The summed E-state index contributed by atoms with van der Waals surface area (Å²) in [4.78, 5) is -0.332. The Hall–Kier alpha value is -0.960. The second-order valence-electron chi connectivity index (χ2n) is 4.39. The predicted molar refractivity (Wildman–Crippen MR) is 72.5 cm³/mol. The van der Waals surface area contributed by atoms with Gasteiger partial charge in [0.15, 0.2) is 0 Å². The van der Waals surface area contributed by atoms with Crippen LogP contribution in [0.5, 0.6) is 0 Å². The highest BCUT2D eigenvalue weighted by molar-refractivity contribution is 7.90. The van der Waals surface area contributed by atoms with E-state index in [-0.39, 0.29) is 15.7 Å². The molecule has 8 heteroatoms. The fraction of sp³-hybridized carbons (Fsp3) is 0.455. The van der Waals surface area contributed by atoms with Crippen molar-refractivity contribution in [2.24, 2.45) is 11.1 Å². The average molecular weight is 306 g/mol. The average Bonchev–Trinajstić information content (AvgIpc) is 2.35. The van der Waals surface area contributed by atoms with Crippen LogP contribution in [0.2, 0.25) is 0 Å². The SMILES string of the molecule is CCC(C)CNS(=O)(=O)c1cccc(S(N)(=O)=O)c1. The Kier molecular flexibility index (Phi) is 5.08. The second-order valence-corrected chi connectivity index (χ2v) is 7.71. The lowest BCUT2D eigenvalue weighted by molar-refractivity contribution is 0.528. The molecule has 19 heavy (non-hydrogen) atoms. The fourth-order valence-electron chi connectivity index (χ4n) is 1.30. The van der Waals surface area contributed by atoms with Gasteiger partial charge in [-0.2, -0.15) is 0 Å². The summed E-state index contributed by atoms with van der Waals surface area (Å²) in [6.45, 7) is 4.18. The van der Waals surface area contributed by atoms with Crippen molar-refractivity contribution >= 4 is 20.0 Å². The van der Waals surface area contributed by atoms with E-state index >= 15 is 0 Å². The molecule has 1 unspecified atom stereocenters. The second kappa shape index (κ2) is 6.00. The molecule has 1 aromatic rings. The van der Waals surface area contributed by atoms with Crippen molar-refractivity contribution in [1.82, 2.24) is 4.72 Å². The van der Waals surface area contributed by atoms with Crippen LogP contribution in [0.1, 0.15) is 20.3 Å². The van der Waals surface area contributed by atoms with Crippen molar-refractivity contribution in [3.05, 3.63) is 24.3 Å². The van der Waals surface area contributed by atoms with Crippen LogP contribution in [0, 0.1) is 5.92 Å². The topological polar surface area (TPSA) is 106 Å². The molecule has 3 N–H and O–H groups in total. The number of primary sulfonamides is 1. The molecule has 0 heterocycles. The van der Waals surface area contributed by atoms with Gasteiger partial charge in [0.1, 0.15) is 0 Å². The molecule has 0 spiro atoms. The van der Waals surface area contributed by atoms with Crippen LogP contribution in [-0.2, 0) is 20.0 Å². The minimum absolute atomic E-state index is 0.109. The molecule has 0 fully saturated rings. The number of rotatable bonds is 6. The summed E-state index contributed by atoms with van der Waals surface area (Å²) in [7, 11) is -7.63. The third-order valence-electron chi connectivity index (χ3n) is 2.76. The number of benzene rings is 1. The van der Waals surface area contributed by atoms with Crippen LogP contribution in [0.4, 0.5) is 0 Å². The first-order valence-corrected chi connectivity index (χ1v) is 8.82. The van der Waals surface area contributed by atoms with Crippen molar-refractivity contribution in [2.45, 2.75) is 30.1 Å². The summed E-state index contributed by atoms with van der Waals surface area (Å²) < 4.78 is 48.8. The molecular weight excluding hydrogens is 288 g/mol. The molecule has 0 saturated heterocycles. The Morgan fingerprint density at radius 2 is 1.79 bits per heavy atom. The van der Waals surface area contributed by atoms with Gasteiger partial charge in [-0.25, -0.2) is 26.7 Å². The van der Waals surface area contributed by atoms with Gasteiger partial charge < -0.3 is 0 Å². The van der Waals surface area contributed by atoms with Gasteiger partial charge in [-0.1, -0.05) is 26.3 Å². The standard InChI is InChI=1S/C11H18N2O4S2/c1-3-9(2)8-13-19(16,17)11-6-4-5-10(7-11)18(12,14)15/h4-7,9,13H,3,8H2,1-2H3,(H2,12,14,15). The predicted octanol–water partition coefficient (Wildman–Crippen LogP) is 0.658. The van der Waals surface area contributed by atoms with Gasteiger partial charge >= 0.3 is 0 Å². The minimum Gasteiger partial charge on any atom is -0.225 e. The Balaban J connectivity index is 3.03. The van der Waals surface area contributed by atoms with E-state index in [1.54, 1.807) is 0 Å². The monoisotopic (exact) mass is 306 g/mol. The van der Waals surface area contributed by atoms with E-state index < -0.39 is 20.0 Å². The summed E-state index contributed by atoms with van der Waals surface area (Å²) in [5.41, 5.74) is 0. The van der Waals surface area contributed by atoms with E-state index in [4.69, 9.17) is 5.14 Å².